The van der Waals surface area contributed by atoms with Gasteiger partial charge in [-0.05, 0) is 31.3 Å². The smallest absolute Gasteiger partial charge is 0.225 e. The quantitative estimate of drug-likeness (QED) is 0.921. The molecule has 0 atom stereocenters. The lowest BCUT2D eigenvalue weighted by atomic mass is 10.1. The third-order valence-electron chi connectivity index (χ3n) is 4.57. The van der Waals surface area contributed by atoms with Crippen LogP contribution in [0.25, 0.3) is 10.8 Å². The molecule has 1 amide bonds. The van der Waals surface area contributed by atoms with Crippen molar-refractivity contribution in [2.45, 2.75) is 25.3 Å². The first-order valence-electron chi connectivity index (χ1n) is 8.29. The van der Waals surface area contributed by atoms with Crippen LogP contribution in [0.3, 0.4) is 0 Å². The molecule has 1 saturated heterocycles. The van der Waals surface area contributed by atoms with Gasteiger partial charge in [-0.2, -0.15) is 0 Å². The summed E-state index contributed by atoms with van der Waals surface area (Å²) < 4.78 is 5.39. The van der Waals surface area contributed by atoms with Gasteiger partial charge in [0.2, 0.25) is 5.91 Å². The van der Waals surface area contributed by atoms with Crippen molar-refractivity contribution in [3.05, 3.63) is 42.5 Å². The van der Waals surface area contributed by atoms with Crippen LogP contribution >= 0.6 is 0 Å². The lowest BCUT2D eigenvalue weighted by molar-refractivity contribution is -0.116. The summed E-state index contributed by atoms with van der Waals surface area (Å²) in [5.74, 6) is 0.0697. The Balaban J connectivity index is 1.56. The summed E-state index contributed by atoms with van der Waals surface area (Å²) in [6.45, 7) is 2.44. The Bertz CT molecular complexity index is 660. The van der Waals surface area contributed by atoms with Crippen LogP contribution in [0.4, 0.5) is 5.69 Å². The topological polar surface area (TPSA) is 41.6 Å². The van der Waals surface area contributed by atoms with Crippen molar-refractivity contribution >= 4 is 22.4 Å². The van der Waals surface area contributed by atoms with Gasteiger partial charge in [-0.15, -0.1) is 0 Å². The summed E-state index contributed by atoms with van der Waals surface area (Å²) in [7, 11) is 2.10. The van der Waals surface area contributed by atoms with Gasteiger partial charge in [-0.3, -0.25) is 4.79 Å². The second-order valence-corrected chi connectivity index (χ2v) is 6.15. The SMILES string of the molecule is CN(CCC(=O)Nc1cccc2ccccc12)C1CCOCC1. The number of benzene rings is 2. The number of nitrogens with one attached hydrogen (secondary N) is 1. The van der Waals surface area contributed by atoms with Crippen LogP contribution in [0.5, 0.6) is 0 Å². The van der Waals surface area contributed by atoms with Crippen LogP contribution < -0.4 is 5.32 Å². The number of rotatable bonds is 5. The highest BCUT2D eigenvalue weighted by atomic mass is 16.5. The Hall–Kier alpha value is -1.91. The van der Waals surface area contributed by atoms with E-state index in [0.29, 0.717) is 12.5 Å². The van der Waals surface area contributed by atoms with E-state index in [1.165, 1.54) is 0 Å². The van der Waals surface area contributed by atoms with Crippen molar-refractivity contribution in [2.24, 2.45) is 0 Å². The first kappa shape index (κ1) is 16.0. The number of fused-ring (bicyclic) bond motifs is 1. The number of carbonyl (C=O) groups excluding carboxylic acids is 1. The van der Waals surface area contributed by atoms with Gasteiger partial charge in [0.25, 0.3) is 0 Å². The third-order valence-corrected chi connectivity index (χ3v) is 4.57. The van der Waals surface area contributed by atoms with E-state index in [1.54, 1.807) is 0 Å². The van der Waals surface area contributed by atoms with Crippen LogP contribution in [0, 0.1) is 0 Å². The number of nitrogens with zero attached hydrogens (tertiary/aromatic N) is 1. The molecule has 2 aromatic rings. The molecule has 1 aliphatic heterocycles. The van der Waals surface area contributed by atoms with Gasteiger partial charge in [0.1, 0.15) is 0 Å². The van der Waals surface area contributed by atoms with Crippen molar-refractivity contribution in [1.29, 1.82) is 0 Å². The van der Waals surface area contributed by atoms with E-state index >= 15 is 0 Å². The fraction of sp³-hybridized carbons (Fsp3) is 0.421. The average Bonchev–Trinajstić information content (AvgIpc) is 2.61. The number of anilines is 1. The van der Waals surface area contributed by atoms with Gasteiger partial charge in [0, 0.05) is 43.3 Å². The van der Waals surface area contributed by atoms with Crippen LogP contribution in [-0.2, 0) is 9.53 Å². The minimum atomic E-state index is 0.0697. The molecule has 4 heteroatoms. The van der Waals surface area contributed by atoms with Gasteiger partial charge in [-0.1, -0.05) is 36.4 Å². The monoisotopic (exact) mass is 312 g/mol. The molecule has 1 N–H and O–H groups in total. The van der Waals surface area contributed by atoms with Crippen LogP contribution in [0.2, 0.25) is 0 Å². The minimum absolute atomic E-state index is 0.0697. The van der Waals surface area contributed by atoms with Crippen molar-refractivity contribution in [3.8, 4) is 0 Å². The molecule has 1 aliphatic rings. The van der Waals surface area contributed by atoms with E-state index in [2.05, 4.69) is 29.4 Å². The Morgan fingerprint density at radius 2 is 1.91 bits per heavy atom. The summed E-state index contributed by atoms with van der Waals surface area (Å²) in [6, 6.07) is 14.6. The largest absolute Gasteiger partial charge is 0.381 e. The molecule has 122 valence electrons. The van der Waals surface area contributed by atoms with Crippen LogP contribution in [-0.4, -0.2) is 43.7 Å². The zero-order chi connectivity index (χ0) is 16.1. The van der Waals surface area contributed by atoms with Crippen LogP contribution in [0.15, 0.2) is 42.5 Å². The summed E-state index contributed by atoms with van der Waals surface area (Å²) in [4.78, 5) is 14.6. The predicted octanol–water partition coefficient (Wildman–Crippen LogP) is 3.28. The maximum absolute atomic E-state index is 12.3. The molecule has 2 aromatic carbocycles. The minimum Gasteiger partial charge on any atom is -0.381 e. The van der Waals surface area contributed by atoms with Gasteiger partial charge < -0.3 is 15.0 Å². The molecule has 4 nitrogen and oxygen atoms in total. The number of carbonyl (C=O) groups is 1. The first-order valence-corrected chi connectivity index (χ1v) is 8.29. The maximum Gasteiger partial charge on any atom is 0.225 e. The fourth-order valence-corrected chi connectivity index (χ4v) is 3.13. The number of ether oxygens (including phenoxy) is 1. The van der Waals surface area contributed by atoms with Gasteiger partial charge in [0.05, 0.1) is 0 Å². The second kappa shape index (κ2) is 7.57. The first-order chi connectivity index (χ1) is 11.2. The normalized spacial score (nSPS) is 15.9. The molecule has 1 heterocycles. The van der Waals surface area contributed by atoms with Crippen molar-refractivity contribution < 1.29 is 9.53 Å². The van der Waals surface area contributed by atoms with Crippen molar-refractivity contribution in [2.75, 3.05) is 32.1 Å². The maximum atomic E-state index is 12.3. The highest BCUT2D eigenvalue weighted by molar-refractivity contribution is 6.02. The van der Waals surface area contributed by atoms with Crippen molar-refractivity contribution in [3.63, 3.8) is 0 Å². The molecular formula is C19H24N2O2. The lowest BCUT2D eigenvalue weighted by Crippen LogP contribution is -2.38. The molecule has 23 heavy (non-hydrogen) atoms. The van der Waals surface area contributed by atoms with E-state index in [-0.39, 0.29) is 5.91 Å². The average molecular weight is 312 g/mol. The van der Waals surface area contributed by atoms with E-state index in [0.717, 1.165) is 49.1 Å². The zero-order valence-electron chi connectivity index (χ0n) is 13.6. The molecule has 1 fully saturated rings. The van der Waals surface area contributed by atoms with Gasteiger partial charge in [-0.25, -0.2) is 0 Å². The van der Waals surface area contributed by atoms with Crippen molar-refractivity contribution in [1.82, 2.24) is 4.90 Å². The molecule has 3 rings (SSSR count). The standard InChI is InChI=1S/C19H24N2O2/c1-21(16-10-13-23-14-11-16)12-9-19(22)20-18-8-4-6-15-5-2-3-7-17(15)18/h2-8,16H,9-14H2,1H3,(H,20,22). The molecule has 0 aromatic heterocycles. The van der Waals surface area contributed by atoms with Crippen LogP contribution in [0.1, 0.15) is 19.3 Å². The predicted molar refractivity (Wildman–Crippen MR) is 93.7 cm³/mol. The van der Waals surface area contributed by atoms with E-state index in [1.807, 2.05) is 30.3 Å². The van der Waals surface area contributed by atoms with E-state index < -0.39 is 0 Å². The highest BCUT2D eigenvalue weighted by Gasteiger charge is 2.18. The highest BCUT2D eigenvalue weighted by Crippen LogP contribution is 2.23. The number of hydrogen-bond donors (Lipinski definition) is 1. The number of amides is 1. The summed E-state index contributed by atoms with van der Waals surface area (Å²) in [6.07, 6.45) is 2.62. The Morgan fingerprint density at radius 3 is 2.74 bits per heavy atom. The lowest BCUT2D eigenvalue weighted by Gasteiger charge is -2.30. The fourth-order valence-electron chi connectivity index (χ4n) is 3.13. The number of hydrogen-bond acceptors (Lipinski definition) is 3. The second-order valence-electron chi connectivity index (χ2n) is 6.15. The Kier molecular flexibility index (Phi) is 5.26. The summed E-state index contributed by atoms with van der Waals surface area (Å²) in [5, 5.41) is 5.28. The van der Waals surface area contributed by atoms with E-state index in [4.69, 9.17) is 4.74 Å². The molecule has 0 radical (unpaired) electrons. The summed E-state index contributed by atoms with van der Waals surface area (Å²) in [5.41, 5.74) is 0.891. The molecule has 0 saturated carbocycles. The van der Waals surface area contributed by atoms with E-state index in [9.17, 15) is 4.79 Å². The molecule has 0 unspecified atom stereocenters. The zero-order valence-corrected chi connectivity index (χ0v) is 13.6. The Labute approximate surface area is 137 Å². The Morgan fingerprint density at radius 1 is 1.17 bits per heavy atom. The van der Waals surface area contributed by atoms with Gasteiger partial charge in [0.15, 0.2) is 0 Å². The molecule has 0 bridgehead atoms. The molecule has 0 spiro atoms. The molecular weight excluding hydrogens is 288 g/mol. The summed E-state index contributed by atoms with van der Waals surface area (Å²) >= 11 is 0. The third kappa shape index (κ3) is 4.09. The van der Waals surface area contributed by atoms with Gasteiger partial charge >= 0.3 is 0 Å². The molecule has 0 aliphatic carbocycles.